The number of imide groups is 1. The van der Waals surface area contributed by atoms with Crippen molar-refractivity contribution in [3.05, 3.63) is 48.0 Å². The summed E-state index contributed by atoms with van der Waals surface area (Å²) in [5, 5.41) is 2.30. The Balaban J connectivity index is 2.59. The molecule has 1 rings (SSSR count). The van der Waals surface area contributed by atoms with Crippen LogP contribution in [0.4, 0.5) is 0 Å². The molecule has 3 heteroatoms. The second-order valence-corrected chi connectivity index (χ2v) is 4.88. The van der Waals surface area contributed by atoms with E-state index in [1.807, 2.05) is 26.8 Å². The molecular formula is C14H17NO2. The maximum Gasteiger partial charge on any atom is 0.258 e. The van der Waals surface area contributed by atoms with Crippen LogP contribution in [0.5, 0.6) is 0 Å². The monoisotopic (exact) mass is 231 g/mol. The highest BCUT2D eigenvalue weighted by Gasteiger charge is 2.09. The van der Waals surface area contributed by atoms with Crippen LogP contribution in [-0.4, -0.2) is 11.8 Å². The third-order valence-corrected chi connectivity index (χ3v) is 2.01. The quantitative estimate of drug-likeness (QED) is 0.795. The summed E-state index contributed by atoms with van der Waals surface area (Å²) in [7, 11) is 0. The van der Waals surface area contributed by atoms with Gasteiger partial charge in [0, 0.05) is 5.56 Å². The molecule has 17 heavy (non-hydrogen) atoms. The highest BCUT2D eigenvalue weighted by Crippen LogP contribution is 2.13. The van der Waals surface area contributed by atoms with Crippen LogP contribution in [0, 0.1) is 5.41 Å². The van der Waals surface area contributed by atoms with Crippen LogP contribution >= 0.6 is 0 Å². The Hall–Kier alpha value is -1.90. The van der Waals surface area contributed by atoms with E-state index in [4.69, 9.17) is 0 Å². The Kier molecular flexibility index (Phi) is 4.21. The summed E-state index contributed by atoms with van der Waals surface area (Å²) in [6.07, 6.45) is 3.15. The fourth-order valence-corrected chi connectivity index (χ4v) is 1.14. The lowest BCUT2D eigenvalue weighted by molar-refractivity contribution is -0.115. The molecule has 0 fully saturated rings. The van der Waals surface area contributed by atoms with E-state index in [0.717, 1.165) is 0 Å². The molecule has 0 aliphatic rings. The van der Waals surface area contributed by atoms with Crippen LogP contribution < -0.4 is 5.32 Å². The zero-order valence-electron chi connectivity index (χ0n) is 10.4. The topological polar surface area (TPSA) is 46.2 Å². The average molecular weight is 231 g/mol. The van der Waals surface area contributed by atoms with E-state index in [9.17, 15) is 9.59 Å². The van der Waals surface area contributed by atoms with Crippen LogP contribution in [0.15, 0.2) is 42.5 Å². The molecule has 0 spiro atoms. The summed E-state index contributed by atoms with van der Waals surface area (Å²) >= 11 is 0. The molecule has 0 aliphatic heterocycles. The maximum atomic E-state index is 11.6. The lowest BCUT2D eigenvalue weighted by Gasteiger charge is -2.10. The summed E-state index contributed by atoms with van der Waals surface area (Å²) in [4.78, 5) is 23.1. The second-order valence-electron chi connectivity index (χ2n) is 4.88. The van der Waals surface area contributed by atoms with Crippen molar-refractivity contribution in [3.8, 4) is 0 Å². The Morgan fingerprint density at radius 2 is 1.71 bits per heavy atom. The van der Waals surface area contributed by atoms with Gasteiger partial charge in [0.05, 0.1) is 0 Å². The predicted octanol–water partition coefficient (Wildman–Crippen LogP) is 2.55. The SMILES string of the molecule is CC(C)(C)C=CC(=O)NC(=O)c1ccccc1. The van der Waals surface area contributed by atoms with Gasteiger partial charge in [0.15, 0.2) is 0 Å². The number of carbonyl (C=O) groups is 2. The van der Waals surface area contributed by atoms with Gasteiger partial charge < -0.3 is 0 Å². The molecule has 0 heterocycles. The van der Waals surface area contributed by atoms with Crippen molar-refractivity contribution in [2.75, 3.05) is 0 Å². The standard InChI is InChI=1S/C14H17NO2/c1-14(2,3)10-9-12(16)15-13(17)11-7-5-4-6-8-11/h4-10H,1-3H3,(H,15,16,17). The molecule has 1 N–H and O–H groups in total. The van der Waals surface area contributed by atoms with Gasteiger partial charge in [-0.1, -0.05) is 45.0 Å². The van der Waals surface area contributed by atoms with Crippen LogP contribution in [0.1, 0.15) is 31.1 Å². The van der Waals surface area contributed by atoms with E-state index >= 15 is 0 Å². The third kappa shape index (κ3) is 5.11. The van der Waals surface area contributed by atoms with Crippen molar-refractivity contribution in [2.45, 2.75) is 20.8 Å². The largest absolute Gasteiger partial charge is 0.289 e. The third-order valence-electron chi connectivity index (χ3n) is 2.01. The molecular weight excluding hydrogens is 214 g/mol. The first-order valence-electron chi connectivity index (χ1n) is 5.48. The maximum absolute atomic E-state index is 11.6. The summed E-state index contributed by atoms with van der Waals surface area (Å²) in [5.41, 5.74) is 0.401. The molecule has 0 radical (unpaired) electrons. The van der Waals surface area contributed by atoms with Gasteiger partial charge in [-0.3, -0.25) is 14.9 Å². The van der Waals surface area contributed by atoms with E-state index in [1.54, 1.807) is 30.3 Å². The number of nitrogens with one attached hydrogen (secondary N) is 1. The van der Waals surface area contributed by atoms with Gasteiger partial charge in [0.25, 0.3) is 11.8 Å². The minimum Gasteiger partial charge on any atom is -0.289 e. The van der Waals surface area contributed by atoms with E-state index in [0.29, 0.717) is 5.56 Å². The first-order valence-corrected chi connectivity index (χ1v) is 5.48. The van der Waals surface area contributed by atoms with Gasteiger partial charge in [-0.15, -0.1) is 0 Å². The average Bonchev–Trinajstić information content (AvgIpc) is 2.27. The van der Waals surface area contributed by atoms with Gasteiger partial charge in [-0.05, 0) is 23.6 Å². The normalized spacial score (nSPS) is 11.5. The number of rotatable bonds is 2. The van der Waals surface area contributed by atoms with E-state index in [2.05, 4.69) is 5.32 Å². The highest BCUT2D eigenvalue weighted by molar-refractivity contribution is 6.07. The number of hydrogen-bond donors (Lipinski definition) is 1. The molecule has 0 bridgehead atoms. The molecule has 0 saturated carbocycles. The van der Waals surface area contributed by atoms with Crippen LogP contribution in [0.25, 0.3) is 0 Å². The Morgan fingerprint density at radius 3 is 2.24 bits per heavy atom. The van der Waals surface area contributed by atoms with Crippen molar-refractivity contribution in [2.24, 2.45) is 5.41 Å². The molecule has 0 aromatic heterocycles. The number of amides is 2. The summed E-state index contributed by atoms with van der Waals surface area (Å²) in [6, 6.07) is 8.65. The van der Waals surface area contributed by atoms with E-state index < -0.39 is 5.91 Å². The number of benzene rings is 1. The van der Waals surface area contributed by atoms with Crippen molar-refractivity contribution in [1.29, 1.82) is 0 Å². The minimum atomic E-state index is -0.395. The highest BCUT2D eigenvalue weighted by atomic mass is 16.2. The zero-order valence-corrected chi connectivity index (χ0v) is 10.4. The zero-order chi connectivity index (χ0) is 12.9. The van der Waals surface area contributed by atoms with Gasteiger partial charge in [0.1, 0.15) is 0 Å². The summed E-state index contributed by atoms with van der Waals surface area (Å²) in [6.45, 7) is 5.95. The molecule has 1 aromatic rings. The number of allylic oxidation sites excluding steroid dienone is 1. The minimum absolute atomic E-state index is 0.0763. The number of carbonyl (C=O) groups excluding carboxylic acids is 2. The molecule has 0 atom stereocenters. The fourth-order valence-electron chi connectivity index (χ4n) is 1.14. The van der Waals surface area contributed by atoms with Crippen LogP contribution in [0.3, 0.4) is 0 Å². The molecule has 90 valence electrons. The van der Waals surface area contributed by atoms with Crippen LogP contribution in [-0.2, 0) is 4.79 Å². The lowest BCUT2D eigenvalue weighted by Crippen LogP contribution is -2.29. The van der Waals surface area contributed by atoms with Gasteiger partial charge in [-0.2, -0.15) is 0 Å². The van der Waals surface area contributed by atoms with Crippen molar-refractivity contribution < 1.29 is 9.59 Å². The Bertz CT molecular complexity index is 427. The molecule has 3 nitrogen and oxygen atoms in total. The molecule has 0 aliphatic carbocycles. The molecule has 2 amide bonds. The molecule has 0 unspecified atom stereocenters. The Labute approximate surface area is 102 Å². The first-order chi connectivity index (χ1) is 7.88. The van der Waals surface area contributed by atoms with Gasteiger partial charge >= 0.3 is 0 Å². The van der Waals surface area contributed by atoms with Crippen molar-refractivity contribution >= 4 is 11.8 Å². The van der Waals surface area contributed by atoms with Gasteiger partial charge in [0.2, 0.25) is 0 Å². The summed E-state index contributed by atoms with van der Waals surface area (Å²) in [5.74, 6) is -0.775. The molecule has 1 aromatic carbocycles. The Morgan fingerprint density at radius 1 is 1.12 bits per heavy atom. The summed E-state index contributed by atoms with van der Waals surface area (Å²) < 4.78 is 0. The molecule has 0 saturated heterocycles. The lowest BCUT2D eigenvalue weighted by atomic mass is 9.96. The number of hydrogen-bond acceptors (Lipinski definition) is 2. The fraction of sp³-hybridized carbons (Fsp3) is 0.286. The van der Waals surface area contributed by atoms with Crippen LogP contribution in [0.2, 0.25) is 0 Å². The smallest absolute Gasteiger partial charge is 0.258 e. The second kappa shape index (κ2) is 5.43. The van der Waals surface area contributed by atoms with Crippen molar-refractivity contribution in [1.82, 2.24) is 5.32 Å². The predicted molar refractivity (Wildman–Crippen MR) is 67.5 cm³/mol. The van der Waals surface area contributed by atoms with E-state index in [-0.39, 0.29) is 11.3 Å². The van der Waals surface area contributed by atoms with Crippen molar-refractivity contribution in [3.63, 3.8) is 0 Å². The first kappa shape index (κ1) is 13.2. The van der Waals surface area contributed by atoms with E-state index in [1.165, 1.54) is 6.08 Å². The van der Waals surface area contributed by atoms with Gasteiger partial charge in [-0.25, -0.2) is 0 Å².